The average Bonchev–Trinajstić information content (AvgIpc) is 2.76. The third-order valence-corrected chi connectivity index (χ3v) is 4.91. The molecule has 2 atom stereocenters. The third kappa shape index (κ3) is 3.50. The SMILES string of the molecule is C[C@@H]1[C@@H](C)Nc2nc(NC(=O)c3cccnc3)[nH]c(=O)c2N1C(=O)c1cccnc1. The predicted molar refractivity (Wildman–Crippen MR) is 111 cm³/mol. The molecule has 1 aliphatic rings. The van der Waals surface area contributed by atoms with Crippen molar-refractivity contribution >= 4 is 29.3 Å². The van der Waals surface area contributed by atoms with Crippen LogP contribution in [0.2, 0.25) is 0 Å². The van der Waals surface area contributed by atoms with Gasteiger partial charge in [-0.3, -0.25) is 39.6 Å². The van der Waals surface area contributed by atoms with Crippen molar-refractivity contribution in [3.63, 3.8) is 0 Å². The van der Waals surface area contributed by atoms with E-state index in [0.717, 1.165) is 0 Å². The van der Waals surface area contributed by atoms with Gasteiger partial charge in [0.1, 0.15) is 0 Å². The van der Waals surface area contributed by atoms with Gasteiger partial charge in [0.25, 0.3) is 17.4 Å². The minimum atomic E-state index is -0.551. The molecule has 30 heavy (non-hydrogen) atoms. The van der Waals surface area contributed by atoms with E-state index in [9.17, 15) is 14.4 Å². The number of hydrogen-bond donors (Lipinski definition) is 3. The summed E-state index contributed by atoms with van der Waals surface area (Å²) in [6.07, 6.45) is 5.98. The van der Waals surface area contributed by atoms with Crippen molar-refractivity contribution in [2.45, 2.75) is 25.9 Å². The van der Waals surface area contributed by atoms with Crippen LogP contribution in [0.3, 0.4) is 0 Å². The maximum Gasteiger partial charge on any atom is 0.278 e. The van der Waals surface area contributed by atoms with Crippen LogP contribution in [0, 0.1) is 0 Å². The summed E-state index contributed by atoms with van der Waals surface area (Å²) in [6, 6.07) is 6.01. The molecule has 152 valence electrons. The number of rotatable bonds is 3. The average molecular weight is 405 g/mol. The molecule has 0 aromatic carbocycles. The molecule has 0 spiro atoms. The summed E-state index contributed by atoms with van der Waals surface area (Å²) in [5.74, 6) is -0.643. The number of hydrogen-bond acceptors (Lipinski definition) is 7. The number of amides is 2. The molecule has 4 rings (SSSR count). The summed E-state index contributed by atoms with van der Waals surface area (Å²) in [7, 11) is 0. The van der Waals surface area contributed by atoms with Crippen molar-refractivity contribution in [3.05, 3.63) is 70.5 Å². The van der Waals surface area contributed by atoms with E-state index in [1.54, 1.807) is 36.7 Å². The summed E-state index contributed by atoms with van der Waals surface area (Å²) in [6.45, 7) is 3.72. The zero-order valence-electron chi connectivity index (χ0n) is 16.3. The maximum atomic E-state index is 13.1. The number of nitrogens with one attached hydrogen (secondary N) is 3. The topological polar surface area (TPSA) is 133 Å². The van der Waals surface area contributed by atoms with Gasteiger partial charge in [-0.2, -0.15) is 4.98 Å². The molecule has 0 bridgehead atoms. The number of fused-ring (bicyclic) bond motifs is 1. The van der Waals surface area contributed by atoms with E-state index in [1.165, 1.54) is 17.3 Å². The molecule has 10 nitrogen and oxygen atoms in total. The molecule has 3 aromatic heterocycles. The Morgan fingerprint density at radius 1 is 1.07 bits per heavy atom. The summed E-state index contributed by atoms with van der Waals surface area (Å²) in [5.41, 5.74) is 0.220. The highest BCUT2D eigenvalue weighted by atomic mass is 16.2. The van der Waals surface area contributed by atoms with Crippen LogP contribution in [0.5, 0.6) is 0 Å². The van der Waals surface area contributed by atoms with Gasteiger partial charge >= 0.3 is 0 Å². The largest absolute Gasteiger partial charge is 0.364 e. The third-order valence-electron chi connectivity index (χ3n) is 4.91. The highest BCUT2D eigenvalue weighted by molar-refractivity contribution is 6.08. The van der Waals surface area contributed by atoms with Gasteiger partial charge in [0.05, 0.1) is 17.2 Å². The van der Waals surface area contributed by atoms with Gasteiger partial charge in [-0.1, -0.05) is 0 Å². The molecule has 0 radical (unpaired) electrons. The van der Waals surface area contributed by atoms with Crippen LogP contribution in [0.1, 0.15) is 34.6 Å². The molecular formula is C20H19N7O3. The molecule has 1 aliphatic heterocycles. The van der Waals surface area contributed by atoms with Crippen molar-refractivity contribution in [2.24, 2.45) is 0 Å². The van der Waals surface area contributed by atoms with E-state index in [1.807, 2.05) is 13.8 Å². The van der Waals surface area contributed by atoms with E-state index < -0.39 is 11.5 Å². The molecule has 0 aliphatic carbocycles. The lowest BCUT2D eigenvalue weighted by Gasteiger charge is -2.38. The Bertz CT molecular complexity index is 1150. The lowest BCUT2D eigenvalue weighted by molar-refractivity contribution is 0.0972. The van der Waals surface area contributed by atoms with Crippen LogP contribution in [-0.2, 0) is 0 Å². The zero-order chi connectivity index (χ0) is 21.3. The lowest BCUT2D eigenvalue weighted by Crippen LogP contribution is -2.53. The first kappa shape index (κ1) is 19.2. The Hall–Kier alpha value is -4.08. The summed E-state index contributed by atoms with van der Waals surface area (Å²) >= 11 is 0. The Morgan fingerprint density at radius 3 is 2.37 bits per heavy atom. The zero-order valence-corrected chi connectivity index (χ0v) is 16.3. The van der Waals surface area contributed by atoms with Gasteiger partial charge in [-0.15, -0.1) is 0 Å². The fourth-order valence-electron chi connectivity index (χ4n) is 3.21. The second-order valence-corrected chi connectivity index (χ2v) is 6.90. The molecule has 3 aromatic rings. The quantitative estimate of drug-likeness (QED) is 0.603. The maximum absolute atomic E-state index is 13.1. The Morgan fingerprint density at radius 2 is 1.73 bits per heavy atom. The van der Waals surface area contributed by atoms with E-state index in [2.05, 4.69) is 30.6 Å². The lowest BCUT2D eigenvalue weighted by atomic mass is 10.0. The molecule has 0 unspecified atom stereocenters. The van der Waals surface area contributed by atoms with Gasteiger partial charge in [-0.05, 0) is 38.1 Å². The number of pyridine rings is 2. The minimum Gasteiger partial charge on any atom is -0.364 e. The number of H-pyrrole nitrogens is 1. The monoisotopic (exact) mass is 405 g/mol. The number of carbonyl (C=O) groups excluding carboxylic acids is 2. The molecule has 10 heteroatoms. The summed E-state index contributed by atoms with van der Waals surface area (Å²) in [5, 5.41) is 5.69. The molecule has 2 amide bonds. The number of nitrogens with zero attached hydrogens (tertiary/aromatic N) is 4. The normalized spacial score (nSPS) is 17.6. The highest BCUT2D eigenvalue weighted by Gasteiger charge is 2.36. The molecule has 0 saturated heterocycles. The van der Waals surface area contributed by atoms with E-state index in [0.29, 0.717) is 11.1 Å². The van der Waals surface area contributed by atoms with E-state index >= 15 is 0 Å². The first-order valence-corrected chi connectivity index (χ1v) is 9.31. The van der Waals surface area contributed by atoms with E-state index in [4.69, 9.17) is 0 Å². The second-order valence-electron chi connectivity index (χ2n) is 6.90. The van der Waals surface area contributed by atoms with Crippen LogP contribution in [-0.4, -0.2) is 43.8 Å². The highest BCUT2D eigenvalue weighted by Crippen LogP contribution is 2.31. The Balaban J connectivity index is 1.71. The first-order chi connectivity index (χ1) is 14.5. The van der Waals surface area contributed by atoms with E-state index in [-0.39, 0.29) is 35.4 Å². The van der Waals surface area contributed by atoms with Gasteiger partial charge in [0, 0.05) is 30.8 Å². The van der Waals surface area contributed by atoms with Crippen molar-refractivity contribution in [2.75, 3.05) is 15.5 Å². The minimum absolute atomic E-state index is 0.0318. The molecule has 0 saturated carbocycles. The van der Waals surface area contributed by atoms with Crippen LogP contribution in [0.25, 0.3) is 0 Å². The van der Waals surface area contributed by atoms with Crippen LogP contribution >= 0.6 is 0 Å². The smallest absolute Gasteiger partial charge is 0.278 e. The van der Waals surface area contributed by atoms with Crippen LogP contribution in [0.15, 0.2) is 53.8 Å². The van der Waals surface area contributed by atoms with Crippen LogP contribution < -0.4 is 21.1 Å². The Kier molecular flexibility index (Phi) is 4.97. The Labute approximate surface area is 171 Å². The van der Waals surface area contributed by atoms with Crippen LogP contribution in [0.4, 0.5) is 17.5 Å². The summed E-state index contributed by atoms with van der Waals surface area (Å²) < 4.78 is 0. The van der Waals surface area contributed by atoms with Crippen molar-refractivity contribution in [1.29, 1.82) is 0 Å². The molecule has 4 heterocycles. The van der Waals surface area contributed by atoms with Crippen molar-refractivity contribution in [3.8, 4) is 0 Å². The number of anilines is 3. The van der Waals surface area contributed by atoms with Gasteiger partial charge < -0.3 is 5.32 Å². The van der Waals surface area contributed by atoms with Gasteiger partial charge in [-0.25, -0.2) is 0 Å². The number of aromatic amines is 1. The fourth-order valence-corrected chi connectivity index (χ4v) is 3.21. The van der Waals surface area contributed by atoms with Crippen molar-refractivity contribution < 1.29 is 9.59 Å². The second kappa shape index (κ2) is 7.74. The number of carbonyl (C=O) groups is 2. The standard InChI is InChI=1S/C20H19N7O3/c1-11-12(2)27(19(30)14-6-4-8-22-10-14)15-16(23-11)24-20(26-18(15)29)25-17(28)13-5-3-7-21-9-13/h3-12H,1-2H3,(H3,23,24,25,26,28,29)/t11-,12-/m1/s1. The predicted octanol–water partition coefficient (Wildman–Crippen LogP) is 1.66. The molecule has 0 fully saturated rings. The van der Waals surface area contributed by atoms with Gasteiger partial charge in [0.2, 0.25) is 5.95 Å². The van der Waals surface area contributed by atoms with Gasteiger partial charge in [0.15, 0.2) is 11.5 Å². The first-order valence-electron chi connectivity index (χ1n) is 9.31. The summed E-state index contributed by atoms with van der Waals surface area (Å²) in [4.78, 5) is 54.5. The van der Waals surface area contributed by atoms with Crippen molar-refractivity contribution in [1.82, 2.24) is 19.9 Å². The molecular weight excluding hydrogens is 386 g/mol. The molecule has 3 N–H and O–H groups in total. The number of aromatic nitrogens is 4. The fraction of sp³-hybridized carbons (Fsp3) is 0.200.